The Morgan fingerprint density at radius 3 is 3.17 bits per heavy atom. The van der Waals surface area contributed by atoms with Crippen molar-refractivity contribution in [1.82, 2.24) is 10.3 Å². The predicted molar refractivity (Wildman–Crippen MR) is 74.1 cm³/mol. The first-order valence-corrected chi connectivity index (χ1v) is 7.11. The van der Waals surface area contributed by atoms with E-state index in [9.17, 15) is 0 Å². The van der Waals surface area contributed by atoms with Crippen LogP contribution in [0.4, 0.5) is 0 Å². The highest BCUT2D eigenvalue weighted by atomic mass is 35.5. The second-order valence-corrected chi connectivity index (χ2v) is 5.49. The number of benzene rings is 1. The number of thiazole rings is 1. The van der Waals surface area contributed by atoms with E-state index in [1.54, 1.807) is 11.3 Å². The highest BCUT2D eigenvalue weighted by Crippen LogP contribution is 2.27. The summed E-state index contributed by atoms with van der Waals surface area (Å²) in [7, 11) is 0. The molecule has 3 nitrogen and oxygen atoms in total. The van der Waals surface area contributed by atoms with Crippen molar-refractivity contribution in [1.29, 1.82) is 0 Å². The number of hydrogen-bond donors (Lipinski definition) is 1. The van der Waals surface area contributed by atoms with Crippen LogP contribution in [-0.2, 0) is 4.74 Å². The van der Waals surface area contributed by atoms with Crippen molar-refractivity contribution >= 4 is 22.9 Å². The average Bonchev–Trinajstić information content (AvgIpc) is 2.89. The summed E-state index contributed by atoms with van der Waals surface area (Å²) in [5.74, 6) is 0. The third-order valence-electron chi connectivity index (χ3n) is 2.86. The monoisotopic (exact) mass is 280 g/mol. The molecular weight excluding hydrogens is 268 g/mol. The van der Waals surface area contributed by atoms with Crippen molar-refractivity contribution in [3.05, 3.63) is 39.7 Å². The number of nitrogens with one attached hydrogen (secondary N) is 1. The summed E-state index contributed by atoms with van der Waals surface area (Å²) in [6.45, 7) is 2.36. The van der Waals surface area contributed by atoms with Gasteiger partial charge in [-0.3, -0.25) is 0 Å². The number of nitrogens with zero attached hydrogens (tertiary/aromatic N) is 1. The number of hydrogen-bond acceptors (Lipinski definition) is 4. The second kappa shape index (κ2) is 5.36. The highest BCUT2D eigenvalue weighted by molar-refractivity contribution is 7.10. The maximum atomic E-state index is 5.99. The van der Waals surface area contributed by atoms with Gasteiger partial charge in [0.05, 0.1) is 24.9 Å². The number of ether oxygens (including phenoxy) is 1. The molecule has 2 heterocycles. The van der Waals surface area contributed by atoms with Crippen LogP contribution in [0.5, 0.6) is 0 Å². The average molecular weight is 281 g/mol. The molecule has 1 aromatic carbocycles. The first-order valence-electron chi connectivity index (χ1n) is 5.85. The standard InChI is InChI=1S/C13H13ClN2OS/c14-10-3-1-2-9(6-10)12-8-18-13(16-12)11-7-17-5-4-15-11/h1-3,6,8,11,15H,4-5,7H2. The van der Waals surface area contributed by atoms with E-state index < -0.39 is 0 Å². The van der Waals surface area contributed by atoms with Crippen LogP contribution in [0.2, 0.25) is 5.02 Å². The van der Waals surface area contributed by atoms with Crippen LogP contribution in [0.15, 0.2) is 29.6 Å². The third-order valence-corrected chi connectivity index (χ3v) is 4.06. The lowest BCUT2D eigenvalue weighted by atomic mass is 10.2. The molecule has 0 aliphatic carbocycles. The fraction of sp³-hybridized carbons (Fsp3) is 0.308. The number of morpholine rings is 1. The quantitative estimate of drug-likeness (QED) is 0.918. The number of aromatic nitrogens is 1. The van der Waals surface area contributed by atoms with Gasteiger partial charge in [-0.2, -0.15) is 0 Å². The van der Waals surface area contributed by atoms with E-state index in [0.717, 1.165) is 34.4 Å². The minimum Gasteiger partial charge on any atom is -0.378 e. The Labute approximate surface area is 115 Å². The smallest absolute Gasteiger partial charge is 0.113 e. The summed E-state index contributed by atoms with van der Waals surface area (Å²) in [6.07, 6.45) is 0. The molecule has 0 saturated carbocycles. The minimum atomic E-state index is 0.219. The molecule has 0 amide bonds. The van der Waals surface area contributed by atoms with Crippen LogP contribution in [0.25, 0.3) is 11.3 Å². The lowest BCUT2D eigenvalue weighted by Crippen LogP contribution is -2.34. The Morgan fingerprint density at radius 2 is 2.39 bits per heavy atom. The first kappa shape index (κ1) is 12.1. The van der Waals surface area contributed by atoms with Crippen LogP contribution in [0.1, 0.15) is 11.0 Å². The van der Waals surface area contributed by atoms with Gasteiger partial charge in [-0.25, -0.2) is 4.98 Å². The first-order chi connectivity index (χ1) is 8.83. The summed E-state index contributed by atoms with van der Waals surface area (Å²) in [4.78, 5) is 4.66. The van der Waals surface area contributed by atoms with Crippen molar-refractivity contribution in [2.45, 2.75) is 6.04 Å². The third kappa shape index (κ3) is 2.57. The summed E-state index contributed by atoms with van der Waals surface area (Å²) in [5, 5.41) is 7.29. The van der Waals surface area contributed by atoms with Gasteiger partial charge in [0.15, 0.2) is 0 Å². The minimum absolute atomic E-state index is 0.219. The lowest BCUT2D eigenvalue weighted by Gasteiger charge is -2.21. The fourth-order valence-corrected chi connectivity index (χ4v) is 3.03. The molecule has 0 bridgehead atoms. The van der Waals surface area contributed by atoms with Crippen LogP contribution < -0.4 is 5.32 Å². The Hall–Kier alpha value is -0.940. The Kier molecular flexibility index (Phi) is 3.61. The van der Waals surface area contributed by atoms with Gasteiger partial charge in [0.2, 0.25) is 0 Å². The lowest BCUT2D eigenvalue weighted by molar-refractivity contribution is 0.0768. The van der Waals surface area contributed by atoms with Gasteiger partial charge in [0.25, 0.3) is 0 Å². The maximum Gasteiger partial charge on any atom is 0.113 e. The van der Waals surface area contributed by atoms with Crippen molar-refractivity contribution in [3.8, 4) is 11.3 Å². The van der Waals surface area contributed by atoms with Gasteiger partial charge >= 0.3 is 0 Å². The maximum absolute atomic E-state index is 5.99. The molecule has 1 aromatic heterocycles. The van der Waals surface area contributed by atoms with Crippen molar-refractivity contribution in [2.75, 3.05) is 19.8 Å². The zero-order valence-corrected chi connectivity index (χ0v) is 11.3. The Bertz CT molecular complexity index is 537. The molecule has 5 heteroatoms. The molecule has 3 rings (SSSR count). The summed E-state index contributed by atoms with van der Waals surface area (Å²) < 4.78 is 5.45. The highest BCUT2D eigenvalue weighted by Gasteiger charge is 2.18. The van der Waals surface area contributed by atoms with E-state index in [0.29, 0.717) is 6.61 Å². The fourth-order valence-electron chi connectivity index (χ4n) is 1.95. The molecule has 1 aliphatic rings. The Morgan fingerprint density at radius 1 is 1.44 bits per heavy atom. The molecule has 0 spiro atoms. The van der Waals surface area contributed by atoms with Gasteiger partial charge in [0, 0.05) is 22.5 Å². The molecule has 18 heavy (non-hydrogen) atoms. The zero-order chi connectivity index (χ0) is 12.4. The largest absolute Gasteiger partial charge is 0.378 e. The molecule has 1 atom stereocenters. The summed E-state index contributed by atoms with van der Waals surface area (Å²) in [5.41, 5.74) is 2.03. The molecular formula is C13H13ClN2OS. The van der Waals surface area contributed by atoms with Crippen molar-refractivity contribution < 1.29 is 4.74 Å². The predicted octanol–water partition coefficient (Wildman–Crippen LogP) is 3.12. The van der Waals surface area contributed by atoms with Gasteiger partial charge in [-0.1, -0.05) is 23.7 Å². The summed E-state index contributed by atoms with van der Waals surface area (Å²) in [6, 6.07) is 7.99. The van der Waals surface area contributed by atoms with Crippen molar-refractivity contribution in [2.24, 2.45) is 0 Å². The Balaban J connectivity index is 1.84. The van der Waals surface area contributed by atoms with E-state index in [1.807, 2.05) is 24.3 Å². The van der Waals surface area contributed by atoms with Gasteiger partial charge in [-0.15, -0.1) is 11.3 Å². The normalized spacial score (nSPS) is 19.9. The molecule has 1 aliphatic heterocycles. The van der Waals surface area contributed by atoms with Gasteiger partial charge in [0.1, 0.15) is 5.01 Å². The van der Waals surface area contributed by atoms with Gasteiger partial charge < -0.3 is 10.1 Å². The molecule has 1 N–H and O–H groups in total. The van der Waals surface area contributed by atoms with E-state index in [4.69, 9.17) is 16.3 Å². The van der Waals surface area contributed by atoms with Crippen LogP contribution in [0.3, 0.4) is 0 Å². The van der Waals surface area contributed by atoms with Gasteiger partial charge in [-0.05, 0) is 12.1 Å². The molecule has 2 aromatic rings. The van der Waals surface area contributed by atoms with E-state index in [1.165, 1.54) is 0 Å². The van der Waals surface area contributed by atoms with E-state index >= 15 is 0 Å². The second-order valence-electron chi connectivity index (χ2n) is 4.16. The SMILES string of the molecule is Clc1cccc(-c2csc(C3COCCN3)n2)c1. The molecule has 0 radical (unpaired) electrons. The summed E-state index contributed by atoms with van der Waals surface area (Å²) >= 11 is 7.65. The molecule has 1 saturated heterocycles. The molecule has 1 unspecified atom stereocenters. The molecule has 1 fully saturated rings. The van der Waals surface area contributed by atoms with Crippen LogP contribution in [-0.4, -0.2) is 24.7 Å². The number of rotatable bonds is 2. The van der Waals surface area contributed by atoms with Crippen LogP contribution >= 0.6 is 22.9 Å². The van der Waals surface area contributed by atoms with Crippen molar-refractivity contribution in [3.63, 3.8) is 0 Å². The van der Waals surface area contributed by atoms with Crippen LogP contribution in [0, 0.1) is 0 Å². The zero-order valence-electron chi connectivity index (χ0n) is 9.73. The molecule has 94 valence electrons. The van der Waals surface area contributed by atoms with E-state index in [2.05, 4.69) is 15.7 Å². The topological polar surface area (TPSA) is 34.1 Å². The van der Waals surface area contributed by atoms with E-state index in [-0.39, 0.29) is 6.04 Å². The number of halogens is 1.